The van der Waals surface area contributed by atoms with Crippen molar-refractivity contribution in [2.45, 2.75) is 24.9 Å². The van der Waals surface area contributed by atoms with Gasteiger partial charge in [-0.3, -0.25) is 4.72 Å². The number of ether oxygens (including phenoxy) is 1. The molecule has 0 saturated carbocycles. The van der Waals surface area contributed by atoms with Gasteiger partial charge in [-0.05, 0) is 61.4 Å². The molecule has 0 aromatic heterocycles. The van der Waals surface area contributed by atoms with Gasteiger partial charge in [0.2, 0.25) is 0 Å². The molecule has 0 bridgehead atoms. The number of hydrogen-bond donors (Lipinski definition) is 1. The van der Waals surface area contributed by atoms with E-state index in [1.807, 2.05) is 0 Å². The maximum atomic E-state index is 12.6. The Balaban J connectivity index is 2.36. The lowest BCUT2D eigenvalue weighted by molar-refractivity contribution is -0.137. The molecule has 4 nitrogen and oxygen atoms in total. The lowest BCUT2D eigenvalue weighted by Gasteiger charge is -2.15. The molecule has 0 aliphatic heterocycles. The van der Waals surface area contributed by atoms with E-state index in [0.29, 0.717) is 16.9 Å². The number of hydrogen-bond acceptors (Lipinski definition) is 3. The smallest absolute Gasteiger partial charge is 0.416 e. The second kappa shape index (κ2) is 6.35. The van der Waals surface area contributed by atoms with Crippen LogP contribution in [-0.4, -0.2) is 15.5 Å². The van der Waals surface area contributed by atoms with E-state index in [2.05, 4.69) is 4.72 Å². The van der Waals surface area contributed by atoms with Crippen LogP contribution in [0.25, 0.3) is 0 Å². The van der Waals surface area contributed by atoms with Crippen molar-refractivity contribution in [3.63, 3.8) is 0 Å². The Kier molecular flexibility index (Phi) is 4.80. The third-order valence-electron chi connectivity index (χ3n) is 3.40. The van der Waals surface area contributed by atoms with Gasteiger partial charge in [0.25, 0.3) is 10.0 Å². The normalized spacial score (nSPS) is 12.1. The number of methoxy groups -OCH3 is 1. The standard InChI is InChI=1S/C16H16F3NO3S/c1-10-8-14(23-3)9-11(2)15(10)24(21,22)20-13-6-4-12(5-7-13)16(17,18)19/h4-9,20H,1-3H3. The van der Waals surface area contributed by atoms with Gasteiger partial charge in [0.15, 0.2) is 0 Å². The number of rotatable bonds is 4. The highest BCUT2D eigenvalue weighted by molar-refractivity contribution is 7.92. The Hall–Kier alpha value is -2.22. The van der Waals surface area contributed by atoms with E-state index in [-0.39, 0.29) is 10.6 Å². The first-order chi connectivity index (χ1) is 11.0. The first-order valence-electron chi connectivity index (χ1n) is 6.90. The van der Waals surface area contributed by atoms with Crippen LogP contribution in [0.1, 0.15) is 16.7 Å². The summed E-state index contributed by atoms with van der Waals surface area (Å²) in [5.74, 6) is 0.526. The van der Waals surface area contributed by atoms with Gasteiger partial charge < -0.3 is 4.74 Å². The fourth-order valence-corrected chi connectivity index (χ4v) is 3.90. The maximum Gasteiger partial charge on any atom is 0.416 e. The molecular weight excluding hydrogens is 343 g/mol. The summed E-state index contributed by atoms with van der Waals surface area (Å²) in [4.78, 5) is 0.0724. The molecule has 0 heterocycles. The first-order valence-corrected chi connectivity index (χ1v) is 8.38. The van der Waals surface area contributed by atoms with Crippen molar-refractivity contribution in [1.29, 1.82) is 0 Å². The minimum Gasteiger partial charge on any atom is -0.497 e. The zero-order valence-corrected chi connectivity index (χ0v) is 14.0. The van der Waals surface area contributed by atoms with Crippen molar-refractivity contribution in [3.05, 3.63) is 53.1 Å². The Bertz CT molecular complexity index is 821. The van der Waals surface area contributed by atoms with E-state index >= 15 is 0 Å². The number of sulfonamides is 1. The Morgan fingerprint density at radius 1 is 1.00 bits per heavy atom. The monoisotopic (exact) mass is 359 g/mol. The molecule has 0 saturated heterocycles. The van der Waals surface area contributed by atoms with Gasteiger partial charge in [-0.1, -0.05) is 0 Å². The highest BCUT2D eigenvalue weighted by Crippen LogP contribution is 2.31. The molecule has 2 rings (SSSR count). The van der Waals surface area contributed by atoms with Crippen molar-refractivity contribution in [2.75, 3.05) is 11.8 Å². The molecule has 0 aliphatic rings. The van der Waals surface area contributed by atoms with E-state index in [9.17, 15) is 21.6 Å². The largest absolute Gasteiger partial charge is 0.497 e. The number of anilines is 1. The van der Waals surface area contributed by atoms with Gasteiger partial charge in [0.1, 0.15) is 5.75 Å². The van der Waals surface area contributed by atoms with Gasteiger partial charge in [-0.2, -0.15) is 13.2 Å². The number of aryl methyl sites for hydroxylation is 2. The second-order valence-electron chi connectivity index (χ2n) is 5.27. The van der Waals surface area contributed by atoms with Gasteiger partial charge >= 0.3 is 6.18 Å². The summed E-state index contributed by atoms with van der Waals surface area (Å²) >= 11 is 0. The summed E-state index contributed by atoms with van der Waals surface area (Å²) in [6.45, 7) is 3.24. The molecule has 2 aromatic carbocycles. The van der Waals surface area contributed by atoms with Gasteiger partial charge in [-0.25, -0.2) is 8.42 Å². The van der Waals surface area contributed by atoms with E-state index in [4.69, 9.17) is 4.74 Å². The van der Waals surface area contributed by atoms with Crippen LogP contribution < -0.4 is 9.46 Å². The minimum atomic E-state index is -4.47. The van der Waals surface area contributed by atoms with Crippen LogP contribution in [0.15, 0.2) is 41.3 Å². The molecule has 0 amide bonds. The fraction of sp³-hybridized carbons (Fsp3) is 0.250. The molecule has 24 heavy (non-hydrogen) atoms. The number of benzene rings is 2. The molecular formula is C16H16F3NO3S. The van der Waals surface area contributed by atoms with Crippen molar-refractivity contribution >= 4 is 15.7 Å². The van der Waals surface area contributed by atoms with E-state index in [1.54, 1.807) is 26.0 Å². The number of halogens is 3. The number of alkyl halides is 3. The molecule has 1 N–H and O–H groups in total. The summed E-state index contributed by atoms with van der Waals surface area (Å²) in [6.07, 6.45) is -4.47. The summed E-state index contributed by atoms with van der Waals surface area (Å²) < 4.78 is 70.1. The fourth-order valence-electron chi connectivity index (χ4n) is 2.39. The predicted molar refractivity (Wildman–Crippen MR) is 84.7 cm³/mol. The lowest BCUT2D eigenvalue weighted by Crippen LogP contribution is -2.16. The number of nitrogens with one attached hydrogen (secondary N) is 1. The minimum absolute atomic E-state index is 0.0534. The summed E-state index contributed by atoms with van der Waals surface area (Å²) in [7, 11) is -2.46. The maximum absolute atomic E-state index is 12.6. The van der Waals surface area contributed by atoms with Gasteiger partial charge in [-0.15, -0.1) is 0 Å². The second-order valence-corrected chi connectivity index (χ2v) is 6.89. The van der Waals surface area contributed by atoms with Gasteiger partial charge in [0.05, 0.1) is 17.6 Å². The van der Waals surface area contributed by atoms with Crippen LogP contribution in [-0.2, 0) is 16.2 Å². The van der Waals surface area contributed by atoms with Gasteiger partial charge in [0, 0.05) is 5.69 Å². The third kappa shape index (κ3) is 3.81. The van der Waals surface area contributed by atoms with E-state index in [0.717, 1.165) is 24.3 Å². The first kappa shape index (κ1) is 18.1. The van der Waals surface area contributed by atoms with Crippen molar-refractivity contribution in [2.24, 2.45) is 0 Å². The van der Waals surface area contributed by atoms with Crippen molar-refractivity contribution in [3.8, 4) is 5.75 Å². The SMILES string of the molecule is COc1cc(C)c(S(=O)(=O)Nc2ccc(C(F)(F)F)cc2)c(C)c1. The quantitative estimate of drug-likeness (QED) is 0.893. The highest BCUT2D eigenvalue weighted by atomic mass is 32.2. The molecule has 2 aromatic rings. The van der Waals surface area contributed by atoms with Crippen LogP contribution in [0.5, 0.6) is 5.75 Å². The van der Waals surface area contributed by atoms with Crippen LogP contribution in [0, 0.1) is 13.8 Å². The Labute approximate surface area is 138 Å². The molecule has 0 spiro atoms. The zero-order valence-electron chi connectivity index (χ0n) is 13.2. The van der Waals surface area contributed by atoms with E-state index in [1.165, 1.54) is 7.11 Å². The summed E-state index contributed by atoms with van der Waals surface area (Å²) in [5.41, 5.74) is 0.164. The summed E-state index contributed by atoms with van der Waals surface area (Å²) in [6, 6.07) is 6.96. The van der Waals surface area contributed by atoms with Crippen LogP contribution in [0.3, 0.4) is 0 Å². The molecule has 130 valence electrons. The average Bonchev–Trinajstić information content (AvgIpc) is 2.45. The molecule has 0 atom stereocenters. The zero-order chi connectivity index (χ0) is 18.1. The molecule has 0 radical (unpaired) electrons. The molecule has 0 fully saturated rings. The molecule has 0 aliphatic carbocycles. The lowest BCUT2D eigenvalue weighted by atomic mass is 10.1. The van der Waals surface area contributed by atoms with E-state index < -0.39 is 21.8 Å². The highest BCUT2D eigenvalue weighted by Gasteiger charge is 2.30. The van der Waals surface area contributed by atoms with Crippen LogP contribution in [0.4, 0.5) is 18.9 Å². The average molecular weight is 359 g/mol. The molecule has 8 heteroatoms. The summed E-state index contributed by atoms with van der Waals surface area (Å²) in [5, 5.41) is 0. The third-order valence-corrected chi connectivity index (χ3v) is 5.09. The topological polar surface area (TPSA) is 55.4 Å². The van der Waals surface area contributed by atoms with Crippen LogP contribution >= 0.6 is 0 Å². The molecule has 0 unspecified atom stereocenters. The van der Waals surface area contributed by atoms with Crippen molar-refractivity contribution in [1.82, 2.24) is 0 Å². The van der Waals surface area contributed by atoms with Crippen LogP contribution in [0.2, 0.25) is 0 Å². The Morgan fingerprint density at radius 3 is 1.92 bits per heavy atom. The van der Waals surface area contributed by atoms with Crippen molar-refractivity contribution < 1.29 is 26.3 Å². The Morgan fingerprint density at radius 2 is 1.50 bits per heavy atom. The predicted octanol–water partition coefficient (Wildman–Crippen LogP) is 4.13.